The van der Waals surface area contributed by atoms with Crippen LogP contribution >= 0.6 is 11.3 Å². The molecule has 0 atom stereocenters. The molecule has 0 saturated carbocycles. The van der Waals surface area contributed by atoms with Crippen molar-refractivity contribution in [2.45, 2.75) is 26.3 Å². The maximum absolute atomic E-state index is 5.96. The Balaban J connectivity index is 1.52. The van der Waals surface area contributed by atoms with E-state index in [1.807, 2.05) is 37.3 Å². The van der Waals surface area contributed by atoms with Crippen molar-refractivity contribution in [3.63, 3.8) is 0 Å². The summed E-state index contributed by atoms with van der Waals surface area (Å²) in [5.41, 5.74) is 10.4. The smallest absolute Gasteiger partial charge is 0.193 e. The van der Waals surface area contributed by atoms with Crippen molar-refractivity contribution in [2.75, 3.05) is 5.32 Å². The summed E-state index contributed by atoms with van der Waals surface area (Å²) >= 11 is 1.68. The van der Waals surface area contributed by atoms with E-state index < -0.39 is 0 Å². The normalized spacial score (nSPS) is 11.5. The molecule has 3 aromatic rings. The first-order chi connectivity index (χ1) is 12.2. The van der Waals surface area contributed by atoms with Crippen LogP contribution in [0.5, 0.6) is 0 Å². The van der Waals surface area contributed by atoms with E-state index in [-0.39, 0.29) is 0 Å². The highest BCUT2D eigenvalue weighted by Crippen LogP contribution is 2.14. The maximum Gasteiger partial charge on any atom is 0.193 e. The van der Waals surface area contributed by atoms with Gasteiger partial charge in [-0.2, -0.15) is 0 Å². The average Bonchev–Trinajstić information content (AvgIpc) is 3.07. The largest absolute Gasteiger partial charge is 0.370 e. The second kappa shape index (κ2) is 8.44. The number of anilines is 1. The highest BCUT2D eigenvalue weighted by atomic mass is 32.1. The number of rotatable bonds is 6. The van der Waals surface area contributed by atoms with Crippen molar-refractivity contribution < 1.29 is 0 Å². The second-order valence-corrected chi connectivity index (χ2v) is 6.86. The van der Waals surface area contributed by atoms with Crippen LogP contribution in [0.2, 0.25) is 0 Å². The van der Waals surface area contributed by atoms with Gasteiger partial charge < -0.3 is 11.1 Å². The zero-order valence-electron chi connectivity index (χ0n) is 14.3. The van der Waals surface area contributed by atoms with Crippen LogP contribution in [-0.4, -0.2) is 10.9 Å². The number of benzene rings is 2. The van der Waals surface area contributed by atoms with Crippen LogP contribution in [0.15, 0.2) is 65.0 Å². The third kappa shape index (κ3) is 5.43. The van der Waals surface area contributed by atoms with Crippen LogP contribution in [0.25, 0.3) is 0 Å². The molecule has 0 aliphatic rings. The van der Waals surface area contributed by atoms with Gasteiger partial charge in [-0.3, -0.25) is 0 Å². The first-order valence-electron chi connectivity index (χ1n) is 8.30. The number of guanidine groups is 1. The van der Waals surface area contributed by atoms with E-state index in [9.17, 15) is 0 Å². The molecule has 128 valence electrons. The van der Waals surface area contributed by atoms with Gasteiger partial charge in [0.25, 0.3) is 0 Å². The minimum absolute atomic E-state index is 0.407. The highest BCUT2D eigenvalue weighted by molar-refractivity contribution is 7.09. The highest BCUT2D eigenvalue weighted by Gasteiger charge is 2.03. The molecule has 5 heteroatoms. The van der Waals surface area contributed by atoms with E-state index in [0.29, 0.717) is 12.5 Å². The molecule has 2 aromatic carbocycles. The summed E-state index contributed by atoms with van der Waals surface area (Å²) in [6.07, 6.45) is 1.96. The van der Waals surface area contributed by atoms with Crippen LogP contribution in [0.3, 0.4) is 0 Å². The Morgan fingerprint density at radius 1 is 1.12 bits per heavy atom. The SMILES string of the molecule is Cc1cccc(NC(N)=NCc2csc(CCc3ccccc3)n2)c1. The number of nitrogens with zero attached hydrogens (tertiary/aromatic N) is 2. The van der Waals surface area contributed by atoms with E-state index in [1.165, 1.54) is 11.1 Å². The van der Waals surface area contributed by atoms with E-state index in [1.54, 1.807) is 11.3 Å². The van der Waals surface area contributed by atoms with Gasteiger partial charge in [-0.15, -0.1) is 11.3 Å². The number of aryl methyl sites for hydroxylation is 3. The Morgan fingerprint density at radius 2 is 1.96 bits per heavy atom. The minimum atomic E-state index is 0.407. The molecule has 0 radical (unpaired) electrons. The molecule has 0 fully saturated rings. The molecule has 0 amide bonds. The van der Waals surface area contributed by atoms with E-state index in [4.69, 9.17) is 5.73 Å². The molecule has 0 aliphatic carbocycles. The lowest BCUT2D eigenvalue weighted by Crippen LogP contribution is -2.22. The fraction of sp³-hybridized carbons (Fsp3) is 0.200. The first kappa shape index (κ1) is 17.2. The molecule has 0 spiro atoms. The van der Waals surface area contributed by atoms with Gasteiger partial charge in [0.1, 0.15) is 0 Å². The van der Waals surface area contributed by atoms with E-state index in [2.05, 4.69) is 44.9 Å². The number of nitrogens with two attached hydrogens (primary N) is 1. The van der Waals surface area contributed by atoms with Crippen molar-refractivity contribution in [1.82, 2.24) is 4.98 Å². The van der Waals surface area contributed by atoms with Gasteiger partial charge in [-0.05, 0) is 36.6 Å². The molecule has 0 unspecified atom stereocenters. The number of aromatic nitrogens is 1. The summed E-state index contributed by atoms with van der Waals surface area (Å²) in [5.74, 6) is 0.407. The quantitative estimate of drug-likeness (QED) is 0.518. The number of hydrogen-bond acceptors (Lipinski definition) is 3. The third-order valence-electron chi connectivity index (χ3n) is 3.77. The minimum Gasteiger partial charge on any atom is -0.370 e. The molecule has 25 heavy (non-hydrogen) atoms. The molecular formula is C20H22N4S. The summed E-state index contributed by atoms with van der Waals surface area (Å²) in [5, 5.41) is 6.31. The van der Waals surface area contributed by atoms with E-state index in [0.717, 1.165) is 29.2 Å². The van der Waals surface area contributed by atoms with Gasteiger partial charge >= 0.3 is 0 Å². The lowest BCUT2D eigenvalue weighted by Gasteiger charge is -2.05. The standard InChI is InChI=1S/C20H22N4S/c1-15-6-5-9-17(12-15)24-20(21)22-13-18-14-25-19(23-18)11-10-16-7-3-2-4-8-16/h2-9,12,14H,10-11,13H2,1H3,(H3,21,22,24). The molecule has 1 aromatic heterocycles. The summed E-state index contributed by atoms with van der Waals surface area (Å²) in [7, 11) is 0. The molecule has 3 N–H and O–H groups in total. The maximum atomic E-state index is 5.96. The Bertz CT molecular complexity index is 840. The number of thiazole rings is 1. The Kier molecular flexibility index (Phi) is 5.80. The summed E-state index contributed by atoms with van der Waals surface area (Å²) in [4.78, 5) is 9.02. The number of aliphatic imine (C=N–C) groups is 1. The predicted molar refractivity (Wildman–Crippen MR) is 106 cm³/mol. The monoisotopic (exact) mass is 350 g/mol. The molecule has 0 saturated heterocycles. The fourth-order valence-electron chi connectivity index (χ4n) is 2.51. The summed E-state index contributed by atoms with van der Waals surface area (Å²) in [6, 6.07) is 18.5. The van der Waals surface area contributed by atoms with Crippen molar-refractivity contribution in [1.29, 1.82) is 0 Å². The van der Waals surface area contributed by atoms with Crippen LogP contribution < -0.4 is 11.1 Å². The van der Waals surface area contributed by atoms with Crippen LogP contribution in [0, 0.1) is 6.92 Å². The molecule has 3 rings (SSSR count). The van der Waals surface area contributed by atoms with Crippen molar-refractivity contribution in [3.05, 3.63) is 81.8 Å². The first-order valence-corrected chi connectivity index (χ1v) is 9.18. The van der Waals surface area contributed by atoms with Crippen molar-refractivity contribution in [2.24, 2.45) is 10.7 Å². The van der Waals surface area contributed by atoms with Crippen LogP contribution in [0.1, 0.15) is 21.8 Å². The fourth-order valence-corrected chi connectivity index (χ4v) is 3.30. The van der Waals surface area contributed by atoms with Gasteiger partial charge in [0.05, 0.1) is 17.2 Å². The Labute approximate surface area is 152 Å². The zero-order valence-corrected chi connectivity index (χ0v) is 15.1. The van der Waals surface area contributed by atoms with Crippen molar-refractivity contribution in [3.8, 4) is 0 Å². The van der Waals surface area contributed by atoms with Gasteiger partial charge in [0.15, 0.2) is 5.96 Å². The predicted octanol–water partition coefficient (Wildman–Crippen LogP) is 4.16. The molecule has 4 nitrogen and oxygen atoms in total. The molecule has 1 heterocycles. The second-order valence-electron chi connectivity index (χ2n) is 5.91. The Hall–Kier alpha value is -2.66. The van der Waals surface area contributed by atoms with E-state index >= 15 is 0 Å². The Morgan fingerprint density at radius 3 is 2.76 bits per heavy atom. The number of hydrogen-bond donors (Lipinski definition) is 2. The zero-order chi connectivity index (χ0) is 17.5. The summed E-state index contributed by atoms with van der Waals surface area (Å²) in [6.45, 7) is 2.54. The topological polar surface area (TPSA) is 63.3 Å². The lowest BCUT2D eigenvalue weighted by atomic mass is 10.1. The van der Waals surface area contributed by atoms with Gasteiger partial charge in [-0.1, -0.05) is 42.5 Å². The molecular weight excluding hydrogens is 328 g/mol. The lowest BCUT2D eigenvalue weighted by molar-refractivity contribution is 0.913. The summed E-state index contributed by atoms with van der Waals surface area (Å²) < 4.78 is 0. The third-order valence-corrected chi connectivity index (χ3v) is 4.73. The average molecular weight is 350 g/mol. The van der Waals surface area contributed by atoms with Gasteiger partial charge in [-0.25, -0.2) is 9.98 Å². The number of nitrogens with one attached hydrogen (secondary N) is 1. The molecule has 0 aliphatic heterocycles. The van der Waals surface area contributed by atoms with Crippen LogP contribution in [0.4, 0.5) is 5.69 Å². The molecule has 0 bridgehead atoms. The van der Waals surface area contributed by atoms with Gasteiger partial charge in [0, 0.05) is 17.5 Å². The van der Waals surface area contributed by atoms with Crippen molar-refractivity contribution >= 4 is 23.0 Å². The van der Waals surface area contributed by atoms with Crippen LogP contribution in [-0.2, 0) is 19.4 Å². The van der Waals surface area contributed by atoms with Gasteiger partial charge in [0.2, 0.25) is 0 Å².